The molecule has 1 fully saturated rings. The Bertz CT molecular complexity index is 472. The predicted octanol–water partition coefficient (Wildman–Crippen LogP) is 4.48. The Morgan fingerprint density at radius 1 is 1.28 bits per heavy atom. The van der Waals surface area contributed by atoms with Gasteiger partial charge in [0.2, 0.25) is 0 Å². The molecule has 1 aromatic carbocycles. The second kappa shape index (κ2) is 4.76. The van der Waals surface area contributed by atoms with Gasteiger partial charge in [-0.15, -0.1) is 0 Å². The number of rotatable bonds is 2. The van der Waals surface area contributed by atoms with Crippen LogP contribution in [0.25, 0.3) is 0 Å². The van der Waals surface area contributed by atoms with E-state index in [1.165, 1.54) is 28.7 Å². The van der Waals surface area contributed by atoms with Crippen LogP contribution in [0.2, 0.25) is 0 Å². The number of benzene rings is 1. The van der Waals surface area contributed by atoms with E-state index < -0.39 is 0 Å². The maximum Gasteiger partial charge on any atom is 0.0693 e. The Balaban J connectivity index is 2.32. The molecular weight excluding hydrogens is 218 g/mol. The van der Waals surface area contributed by atoms with Crippen molar-refractivity contribution in [3.8, 4) is 6.07 Å². The van der Waals surface area contributed by atoms with Gasteiger partial charge in [-0.05, 0) is 69.1 Å². The van der Waals surface area contributed by atoms with Crippen molar-refractivity contribution >= 4 is 0 Å². The van der Waals surface area contributed by atoms with Crippen molar-refractivity contribution in [3.05, 3.63) is 34.4 Å². The van der Waals surface area contributed by atoms with Gasteiger partial charge < -0.3 is 0 Å². The highest BCUT2D eigenvalue weighted by molar-refractivity contribution is 5.39. The van der Waals surface area contributed by atoms with Crippen molar-refractivity contribution in [1.82, 2.24) is 0 Å². The van der Waals surface area contributed by atoms with Crippen LogP contribution in [0.5, 0.6) is 0 Å². The van der Waals surface area contributed by atoms with Gasteiger partial charge in [-0.1, -0.05) is 24.6 Å². The molecule has 0 aromatic heterocycles. The zero-order valence-corrected chi connectivity index (χ0v) is 12.0. The highest BCUT2D eigenvalue weighted by atomic mass is 14.4. The minimum absolute atomic E-state index is 0.107. The van der Waals surface area contributed by atoms with E-state index in [2.05, 4.69) is 45.9 Å². The molecule has 0 aliphatic heterocycles. The molecule has 1 heteroatoms. The van der Waals surface area contributed by atoms with Gasteiger partial charge >= 0.3 is 0 Å². The van der Waals surface area contributed by atoms with Crippen LogP contribution < -0.4 is 0 Å². The maximum absolute atomic E-state index is 9.58. The molecule has 18 heavy (non-hydrogen) atoms. The summed E-state index contributed by atoms with van der Waals surface area (Å²) in [6.07, 6.45) is 4.27. The molecule has 0 saturated heterocycles. The summed E-state index contributed by atoms with van der Waals surface area (Å²) in [5.74, 6) is 0.704. The Morgan fingerprint density at radius 2 is 1.89 bits per heavy atom. The molecule has 0 heterocycles. The van der Waals surface area contributed by atoms with E-state index in [4.69, 9.17) is 0 Å². The first kappa shape index (κ1) is 13.1. The Labute approximate surface area is 111 Å². The molecule has 0 amide bonds. The first-order valence-electron chi connectivity index (χ1n) is 6.94. The molecule has 1 aromatic rings. The molecule has 96 valence electrons. The van der Waals surface area contributed by atoms with E-state index in [1.807, 2.05) is 0 Å². The molecule has 1 nitrogen and oxygen atoms in total. The zero-order valence-electron chi connectivity index (χ0n) is 12.0. The summed E-state index contributed by atoms with van der Waals surface area (Å²) in [5.41, 5.74) is 5.31. The number of nitrogens with zero attached hydrogens (tertiary/aromatic N) is 1. The third kappa shape index (κ3) is 2.43. The normalized spacial score (nSPS) is 27.2. The standard InChI is InChI=1S/C17H23N/c1-12-5-6-17(9-12,11-18)10-16-14(3)7-13(2)8-15(16)4/h7-8,12H,5-6,9-10H2,1-4H3. The van der Waals surface area contributed by atoms with E-state index in [1.54, 1.807) is 0 Å². The van der Waals surface area contributed by atoms with Crippen molar-refractivity contribution in [2.24, 2.45) is 11.3 Å². The minimum atomic E-state index is -0.107. The Morgan fingerprint density at radius 3 is 2.33 bits per heavy atom. The van der Waals surface area contributed by atoms with E-state index >= 15 is 0 Å². The fraction of sp³-hybridized carbons (Fsp3) is 0.588. The fourth-order valence-corrected chi connectivity index (χ4v) is 3.52. The molecule has 2 atom stereocenters. The van der Waals surface area contributed by atoms with E-state index in [-0.39, 0.29) is 5.41 Å². The molecule has 0 spiro atoms. The zero-order chi connectivity index (χ0) is 13.3. The largest absolute Gasteiger partial charge is 0.198 e. The first-order chi connectivity index (χ1) is 8.46. The van der Waals surface area contributed by atoms with Gasteiger partial charge in [0, 0.05) is 0 Å². The van der Waals surface area contributed by atoms with Crippen LogP contribution >= 0.6 is 0 Å². The van der Waals surface area contributed by atoms with Crippen LogP contribution in [0, 0.1) is 43.4 Å². The van der Waals surface area contributed by atoms with Crippen molar-refractivity contribution in [2.75, 3.05) is 0 Å². The summed E-state index contributed by atoms with van der Waals surface area (Å²) >= 11 is 0. The van der Waals surface area contributed by atoms with Crippen LogP contribution in [0.1, 0.15) is 48.4 Å². The van der Waals surface area contributed by atoms with Crippen LogP contribution in [0.15, 0.2) is 12.1 Å². The van der Waals surface area contributed by atoms with Gasteiger partial charge in [-0.25, -0.2) is 0 Å². The highest BCUT2D eigenvalue weighted by Gasteiger charge is 2.38. The van der Waals surface area contributed by atoms with Crippen LogP contribution in [0.3, 0.4) is 0 Å². The van der Waals surface area contributed by atoms with E-state index in [0.29, 0.717) is 5.92 Å². The Kier molecular flexibility index (Phi) is 3.48. The molecule has 0 radical (unpaired) electrons. The minimum Gasteiger partial charge on any atom is -0.198 e. The van der Waals surface area contributed by atoms with Crippen LogP contribution in [-0.4, -0.2) is 0 Å². The van der Waals surface area contributed by atoms with Crippen molar-refractivity contribution in [1.29, 1.82) is 5.26 Å². The second-order valence-electron chi connectivity index (χ2n) is 6.29. The lowest BCUT2D eigenvalue weighted by Gasteiger charge is -2.23. The molecule has 1 aliphatic rings. The maximum atomic E-state index is 9.58. The molecule has 2 unspecified atom stereocenters. The number of hydrogen-bond donors (Lipinski definition) is 0. The summed E-state index contributed by atoms with van der Waals surface area (Å²) in [5, 5.41) is 9.58. The molecule has 0 bridgehead atoms. The average Bonchev–Trinajstić information content (AvgIpc) is 2.66. The van der Waals surface area contributed by atoms with Crippen molar-refractivity contribution < 1.29 is 0 Å². The average molecular weight is 241 g/mol. The van der Waals surface area contributed by atoms with E-state index in [9.17, 15) is 5.26 Å². The summed E-state index contributed by atoms with van der Waals surface area (Å²) in [7, 11) is 0. The van der Waals surface area contributed by atoms with Gasteiger partial charge in [0.25, 0.3) is 0 Å². The lowest BCUT2D eigenvalue weighted by Crippen LogP contribution is -2.19. The van der Waals surface area contributed by atoms with Crippen LogP contribution in [0.4, 0.5) is 0 Å². The highest BCUT2D eigenvalue weighted by Crippen LogP contribution is 2.44. The third-order valence-electron chi connectivity index (χ3n) is 4.45. The topological polar surface area (TPSA) is 23.8 Å². The third-order valence-corrected chi connectivity index (χ3v) is 4.45. The Hall–Kier alpha value is -1.29. The fourth-order valence-electron chi connectivity index (χ4n) is 3.52. The predicted molar refractivity (Wildman–Crippen MR) is 75.4 cm³/mol. The molecule has 0 N–H and O–H groups in total. The summed E-state index contributed by atoms with van der Waals surface area (Å²) in [4.78, 5) is 0. The molecule has 1 aliphatic carbocycles. The monoisotopic (exact) mass is 241 g/mol. The van der Waals surface area contributed by atoms with Gasteiger partial charge in [-0.2, -0.15) is 5.26 Å². The SMILES string of the molecule is Cc1cc(C)c(CC2(C#N)CCC(C)C2)c(C)c1. The van der Waals surface area contributed by atoms with Gasteiger partial charge in [0.1, 0.15) is 0 Å². The first-order valence-corrected chi connectivity index (χ1v) is 6.94. The van der Waals surface area contributed by atoms with Crippen molar-refractivity contribution in [2.45, 2.75) is 53.4 Å². The summed E-state index contributed by atoms with van der Waals surface area (Å²) in [6, 6.07) is 7.11. The number of nitriles is 1. The molecule has 2 rings (SSSR count). The van der Waals surface area contributed by atoms with Gasteiger partial charge in [0.15, 0.2) is 0 Å². The second-order valence-corrected chi connectivity index (χ2v) is 6.29. The lowest BCUT2D eigenvalue weighted by molar-refractivity contribution is 0.390. The van der Waals surface area contributed by atoms with Crippen molar-refractivity contribution in [3.63, 3.8) is 0 Å². The lowest BCUT2D eigenvalue weighted by atomic mass is 9.78. The molecule has 1 saturated carbocycles. The quantitative estimate of drug-likeness (QED) is 0.748. The summed E-state index contributed by atoms with van der Waals surface area (Å²) < 4.78 is 0. The van der Waals surface area contributed by atoms with Gasteiger partial charge in [0.05, 0.1) is 11.5 Å². The number of aryl methyl sites for hydroxylation is 3. The van der Waals surface area contributed by atoms with Crippen LogP contribution in [-0.2, 0) is 6.42 Å². The van der Waals surface area contributed by atoms with Gasteiger partial charge in [-0.3, -0.25) is 0 Å². The smallest absolute Gasteiger partial charge is 0.0693 e. The molecular formula is C17H23N. The van der Waals surface area contributed by atoms with E-state index in [0.717, 1.165) is 19.3 Å². The summed E-state index contributed by atoms with van der Waals surface area (Å²) in [6.45, 7) is 8.77. The number of hydrogen-bond acceptors (Lipinski definition) is 1.